The summed E-state index contributed by atoms with van der Waals surface area (Å²) in [6.07, 6.45) is 1.48. The molecule has 21 heavy (non-hydrogen) atoms. The molecule has 0 aliphatic rings. The summed E-state index contributed by atoms with van der Waals surface area (Å²) in [5.74, 6) is 0.810. The smallest absolute Gasteiger partial charge is 0.244 e. The van der Waals surface area contributed by atoms with Crippen LogP contribution in [0.25, 0.3) is 0 Å². The van der Waals surface area contributed by atoms with Crippen molar-refractivity contribution in [3.63, 3.8) is 0 Å². The van der Waals surface area contributed by atoms with Crippen molar-refractivity contribution < 1.29 is 22.3 Å². The van der Waals surface area contributed by atoms with E-state index in [1.165, 1.54) is 6.07 Å². The molecule has 0 bridgehead atoms. The van der Waals surface area contributed by atoms with Crippen LogP contribution in [0.3, 0.4) is 0 Å². The maximum absolute atomic E-state index is 12.1. The molecule has 0 spiro atoms. The zero-order chi connectivity index (χ0) is 15.7. The molecule has 0 saturated heterocycles. The van der Waals surface area contributed by atoms with Crippen molar-refractivity contribution in [1.29, 1.82) is 0 Å². The zero-order valence-corrected chi connectivity index (χ0v) is 13.4. The third-order valence-corrected chi connectivity index (χ3v) is 4.42. The quantitative estimate of drug-likeness (QED) is 0.584. The molecule has 0 aromatic carbocycles. The highest BCUT2D eigenvalue weighted by Gasteiger charge is 2.20. The lowest BCUT2D eigenvalue weighted by molar-refractivity contribution is 0.0689. The predicted octanol–water partition coefficient (Wildman–Crippen LogP) is 0.768. The normalized spacial score (nSPS) is 12.0. The van der Waals surface area contributed by atoms with Gasteiger partial charge < -0.3 is 19.6 Å². The van der Waals surface area contributed by atoms with Gasteiger partial charge in [0.15, 0.2) is 0 Å². The predicted molar refractivity (Wildman–Crippen MR) is 78.5 cm³/mol. The van der Waals surface area contributed by atoms with E-state index < -0.39 is 10.0 Å². The number of nitrogens with two attached hydrogens (primary N) is 1. The Bertz CT molecular complexity index is 513. The summed E-state index contributed by atoms with van der Waals surface area (Å²) in [5.41, 5.74) is 5.43. The average Bonchev–Trinajstić information content (AvgIpc) is 2.84. The van der Waals surface area contributed by atoms with Crippen LogP contribution in [0.1, 0.15) is 24.4 Å². The minimum absolute atomic E-state index is 0.152. The second-order valence-corrected chi connectivity index (χ2v) is 6.28. The Kier molecular flexibility index (Phi) is 7.91. The Hall–Kier alpha value is -0.930. The van der Waals surface area contributed by atoms with Crippen LogP contribution in [-0.2, 0) is 26.0 Å². The number of sulfonamides is 1. The molecule has 0 unspecified atom stereocenters. The van der Waals surface area contributed by atoms with E-state index in [2.05, 4.69) is 4.72 Å². The van der Waals surface area contributed by atoms with Gasteiger partial charge in [0.2, 0.25) is 10.0 Å². The third kappa shape index (κ3) is 6.15. The van der Waals surface area contributed by atoms with Crippen molar-refractivity contribution in [2.45, 2.75) is 31.2 Å². The monoisotopic (exact) mass is 320 g/mol. The fraction of sp³-hybridized carbons (Fsp3) is 0.692. The topological polar surface area (TPSA) is 104 Å². The Morgan fingerprint density at radius 1 is 1.29 bits per heavy atom. The van der Waals surface area contributed by atoms with E-state index in [1.54, 1.807) is 14.0 Å². The van der Waals surface area contributed by atoms with Gasteiger partial charge >= 0.3 is 0 Å². The summed E-state index contributed by atoms with van der Waals surface area (Å²) >= 11 is 0. The lowest BCUT2D eigenvalue weighted by Crippen LogP contribution is -2.25. The number of furan rings is 1. The molecule has 1 heterocycles. The van der Waals surface area contributed by atoms with E-state index in [1.807, 2.05) is 0 Å². The first-order valence-corrected chi connectivity index (χ1v) is 8.35. The molecule has 7 nitrogen and oxygen atoms in total. The molecule has 3 N–H and O–H groups in total. The highest BCUT2D eigenvalue weighted by Crippen LogP contribution is 2.19. The van der Waals surface area contributed by atoms with E-state index in [0.717, 1.165) is 6.42 Å². The van der Waals surface area contributed by atoms with Crippen molar-refractivity contribution >= 4 is 10.0 Å². The molecule has 0 amide bonds. The first-order valence-electron chi connectivity index (χ1n) is 6.87. The Labute approximate surface area is 125 Å². The van der Waals surface area contributed by atoms with Crippen LogP contribution in [0, 0.1) is 6.92 Å². The van der Waals surface area contributed by atoms with Gasteiger partial charge in [0.05, 0.1) is 19.8 Å². The fourth-order valence-electron chi connectivity index (χ4n) is 1.75. The molecular weight excluding hydrogens is 296 g/mol. The summed E-state index contributed by atoms with van der Waals surface area (Å²) in [5, 5.41) is 0. The number of hydrogen-bond donors (Lipinski definition) is 2. The lowest BCUT2D eigenvalue weighted by Gasteiger charge is -2.06. The molecule has 0 aliphatic carbocycles. The SMILES string of the molecule is COCCOCCCCNS(=O)(=O)c1cc(CN)oc1C. The lowest BCUT2D eigenvalue weighted by atomic mass is 10.3. The van der Waals surface area contributed by atoms with Gasteiger partial charge in [-0.2, -0.15) is 0 Å². The van der Waals surface area contributed by atoms with Crippen LogP contribution in [0.2, 0.25) is 0 Å². The number of aryl methyl sites for hydroxylation is 1. The van der Waals surface area contributed by atoms with E-state index >= 15 is 0 Å². The molecule has 0 saturated carbocycles. The third-order valence-electron chi connectivity index (χ3n) is 2.85. The Morgan fingerprint density at radius 3 is 2.67 bits per heavy atom. The first-order chi connectivity index (χ1) is 10.0. The second-order valence-electron chi connectivity index (χ2n) is 4.55. The van der Waals surface area contributed by atoms with E-state index in [9.17, 15) is 8.42 Å². The molecule has 0 fully saturated rings. The second kappa shape index (κ2) is 9.16. The van der Waals surface area contributed by atoms with Gasteiger partial charge in [0.1, 0.15) is 16.4 Å². The number of hydrogen-bond acceptors (Lipinski definition) is 6. The standard InChI is InChI=1S/C13H24N2O5S/c1-11-13(9-12(10-14)20-11)21(16,17)15-5-3-4-6-19-8-7-18-2/h9,15H,3-8,10,14H2,1-2H3. The van der Waals surface area contributed by atoms with Gasteiger partial charge in [0.25, 0.3) is 0 Å². The highest BCUT2D eigenvalue weighted by molar-refractivity contribution is 7.89. The average molecular weight is 320 g/mol. The number of unbranched alkanes of at least 4 members (excludes halogenated alkanes) is 1. The van der Waals surface area contributed by atoms with Crippen LogP contribution in [0.15, 0.2) is 15.4 Å². The Balaban J connectivity index is 2.31. The number of rotatable bonds is 11. The molecular formula is C13H24N2O5S. The molecule has 8 heteroatoms. The molecule has 1 aromatic heterocycles. The molecule has 0 radical (unpaired) electrons. The summed E-state index contributed by atoms with van der Waals surface area (Å²) in [7, 11) is -1.92. The van der Waals surface area contributed by atoms with Gasteiger partial charge in [-0.05, 0) is 19.8 Å². The molecule has 0 aliphatic heterocycles. The molecule has 1 aromatic rings. The minimum Gasteiger partial charge on any atom is -0.464 e. The first kappa shape index (κ1) is 18.1. The summed E-state index contributed by atoms with van der Waals surface area (Å²) in [6, 6.07) is 1.46. The maximum Gasteiger partial charge on any atom is 0.244 e. The van der Waals surface area contributed by atoms with E-state index in [0.29, 0.717) is 44.3 Å². The summed E-state index contributed by atoms with van der Waals surface area (Å²) < 4.78 is 42.1. The maximum atomic E-state index is 12.1. The minimum atomic E-state index is -3.54. The number of methoxy groups -OCH3 is 1. The van der Waals surface area contributed by atoms with Gasteiger partial charge in [-0.1, -0.05) is 0 Å². The van der Waals surface area contributed by atoms with Crippen molar-refractivity contribution in [1.82, 2.24) is 4.72 Å². The van der Waals surface area contributed by atoms with Crippen LogP contribution in [0.4, 0.5) is 0 Å². The van der Waals surface area contributed by atoms with Gasteiger partial charge in [-0.3, -0.25) is 0 Å². The van der Waals surface area contributed by atoms with Crippen molar-refractivity contribution in [3.8, 4) is 0 Å². The molecule has 1 rings (SSSR count). The fourth-order valence-corrected chi connectivity index (χ4v) is 3.02. The van der Waals surface area contributed by atoms with Crippen molar-refractivity contribution in [2.75, 3.05) is 33.5 Å². The van der Waals surface area contributed by atoms with Gasteiger partial charge in [0, 0.05) is 26.3 Å². The van der Waals surface area contributed by atoms with E-state index in [4.69, 9.17) is 19.6 Å². The summed E-state index contributed by atoms with van der Waals surface area (Å²) in [6.45, 7) is 3.85. The van der Waals surface area contributed by atoms with Crippen LogP contribution < -0.4 is 10.5 Å². The zero-order valence-electron chi connectivity index (χ0n) is 12.6. The Morgan fingerprint density at radius 2 is 2.05 bits per heavy atom. The van der Waals surface area contributed by atoms with E-state index in [-0.39, 0.29) is 11.4 Å². The molecule has 122 valence electrons. The number of nitrogens with one attached hydrogen (secondary N) is 1. The number of ether oxygens (including phenoxy) is 2. The largest absolute Gasteiger partial charge is 0.464 e. The summed E-state index contributed by atoms with van der Waals surface area (Å²) in [4.78, 5) is 0.152. The van der Waals surface area contributed by atoms with Gasteiger partial charge in [-0.25, -0.2) is 13.1 Å². The van der Waals surface area contributed by atoms with Crippen LogP contribution in [-0.4, -0.2) is 41.9 Å². The van der Waals surface area contributed by atoms with Crippen molar-refractivity contribution in [2.24, 2.45) is 5.73 Å². The van der Waals surface area contributed by atoms with Crippen LogP contribution >= 0.6 is 0 Å². The van der Waals surface area contributed by atoms with Crippen LogP contribution in [0.5, 0.6) is 0 Å². The highest BCUT2D eigenvalue weighted by atomic mass is 32.2. The van der Waals surface area contributed by atoms with Gasteiger partial charge in [-0.15, -0.1) is 0 Å². The molecule has 0 atom stereocenters. The van der Waals surface area contributed by atoms with Crippen molar-refractivity contribution in [3.05, 3.63) is 17.6 Å².